The first-order valence-electron chi connectivity index (χ1n) is 9.56. The fourth-order valence-corrected chi connectivity index (χ4v) is 4.11. The van der Waals surface area contributed by atoms with Crippen molar-refractivity contribution in [2.75, 3.05) is 18.9 Å². The van der Waals surface area contributed by atoms with Crippen molar-refractivity contribution in [3.05, 3.63) is 29.8 Å². The zero-order valence-corrected chi connectivity index (χ0v) is 17.4. The molecule has 1 saturated heterocycles. The number of benzene rings is 1. The summed E-state index contributed by atoms with van der Waals surface area (Å²) in [6.45, 7) is 4.74. The third-order valence-electron chi connectivity index (χ3n) is 4.85. The molecule has 1 aromatic carbocycles. The van der Waals surface area contributed by atoms with E-state index in [0.717, 1.165) is 24.2 Å². The van der Waals surface area contributed by atoms with Gasteiger partial charge < -0.3 is 14.2 Å². The maximum Gasteiger partial charge on any atom is 0.328 e. The molecule has 0 N–H and O–H groups in total. The van der Waals surface area contributed by atoms with Gasteiger partial charge in [-0.15, -0.1) is 10.2 Å². The Balaban J connectivity index is 1.65. The van der Waals surface area contributed by atoms with Crippen LogP contribution >= 0.6 is 11.8 Å². The van der Waals surface area contributed by atoms with Crippen LogP contribution < -0.4 is 0 Å². The summed E-state index contributed by atoms with van der Waals surface area (Å²) >= 11 is 1.34. The predicted molar refractivity (Wildman–Crippen MR) is 108 cm³/mol. The zero-order chi connectivity index (χ0) is 20.1. The van der Waals surface area contributed by atoms with Crippen molar-refractivity contribution < 1.29 is 14.3 Å². The van der Waals surface area contributed by atoms with Crippen molar-refractivity contribution in [2.24, 2.45) is 7.05 Å². The largest absolute Gasteiger partial charge is 0.464 e. The van der Waals surface area contributed by atoms with Crippen LogP contribution in [0.3, 0.4) is 0 Å². The molecule has 1 atom stereocenters. The number of nitrogens with zero attached hydrogens (tertiary/aromatic N) is 4. The smallest absolute Gasteiger partial charge is 0.328 e. The van der Waals surface area contributed by atoms with E-state index in [2.05, 4.69) is 10.2 Å². The van der Waals surface area contributed by atoms with Gasteiger partial charge in [0.25, 0.3) is 0 Å². The molecule has 0 bridgehead atoms. The lowest BCUT2D eigenvalue weighted by molar-refractivity contribution is -0.155. The highest BCUT2D eigenvalue weighted by Gasteiger charge is 2.33. The maximum atomic E-state index is 12.8. The van der Waals surface area contributed by atoms with Gasteiger partial charge in [0.2, 0.25) is 5.91 Å². The lowest BCUT2D eigenvalue weighted by Gasteiger charge is -2.33. The Labute approximate surface area is 169 Å². The molecule has 2 heterocycles. The standard InChI is InChI=1S/C20H26N4O3S/c1-4-27-19(26)16-7-5-6-12-24(16)17(25)13-28-20-22-21-18(23(20)3)15-10-8-14(2)9-11-15/h8-11,16H,4-7,12-13H2,1-3H3/t16-/m1/s1. The summed E-state index contributed by atoms with van der Waals surface area (Å²) in [6.07, 6.45) is 2.51. The third-order valence-corrected chi connectivity index (χ3v) is 5.86. The molecule has 7 nitrogen and oxygen atoms in total. The summed E-state index contributed by atoms with van der Waals surface area (Å²) in [5.41, 5.74) is 2.17. The topological polar surface area (TPSA) is 77.3 Å². The fourth-order valence-electron chi connectivity index (χ4n) is 3.32. The molecule has 2 aromatic rings. The second-order valence-electron chi connectivity index (χ2n) is 6.87. The number of carbonyl (C=O) groups is 2. The second kappa shape index (κ2) is 9.23. The average Bonchev–Trinajstić information content (AvgIpc) is 3.07. The number of amides is 1. The molecule has 1 amide bonds. The number of carbonyl (C=O) groups excluding carboxylic acids is 2. The van der Waals surface area contributed by atoms with Gasteiger partial charge in [-0.3, -0.25) is 4.79 Å². The fraction of sp³-hybridized carbons (Fsp3) is 0.500. The van der Waals surface area contributed by atoms with Crippen LogP contribution in [0.5, 0.6) is 0 Å². The summed E-state index contributed by atoms with van der Waals surface area (Å²) in [6, 6.07) is 7.62. The van der Waals surface area contributed by atoms with Gasteiger partial charge in [0.1, 0.15) is 6.04 Å². The minimum atomic E-state index is -0.468. The van der Waals surface area contributed by atoms with Crippen LogP contribution in [0.1, 0.15) is 31.7 Å². The highest BCUT2D eigenvalue weighted by molar-refractivity contribution is 7.99. The van der Waals surface area contributed by atoms with Crippen molar-refractivity contribution in [1.29, 1.82) is 0 Å². The van der Waals surface area contributed by atoms with Crippen LogP contribution in [0.4, 0.5) is 0 Å². The van der Waals surface area contributed by atoms with Crippen LogP contribution in [0.25, 0.3) is 11.4 Å². The Kier molecular flexibility index (Phi) is 6.72. The molecule has 8 heteroatoms. The number of aryl methyl sites for hydroxylation is 1. The molecule has 150 valence electrons. The van der Waals surface area contributed by atoms with E-state index in [0.29, 0.717) is 24.7 Å². The zero-order valence-electron chi connectivity index (χ0n) is 16.6. The molecule has 0 unspecified atom stereocenters. The van der Waals surface area contributed by atoms with E-state index in [1.165, 1.54) is 17.3 Å². The molecule has 1 aliphatic heterocycles. The van der Waals surface area contributed by atoms with E-state index in [1.807, 2.05) is 42.8 Å². The van der Waals surface area contributed by atoms with Gasteiger partial charge in [-0.2, -0.15) is 0 Å². The number of aromatic nitrogens is 3. The SMILES string of the molecule is CCOC(=O)[C@H]1CCCCN1C(=O)CSc1nnc(-c2ccc(C)cc2)n1C. The predicted octanol–water partition coefficient (Wildman–Crippen LogP) is 2.83. The molecule has 0 spiro atoms. The Morgan fingerprint density at radius 3 is 2.68 bits per heavy atom. The molecule has 1 aliphatic rings. The van der Waals surface area contributed by atoms with Gasteiger partial charge in [0.05, 0.1) is 12.4 Å². The summed E-state index contributed by atoms with van der Waals surface area (Å²) in [4.78, 5) is 26.6. The van der Waals surface area contributed by atoms with E-state index in [9.17, 15) is 9.59 Å². The summed E-state index contributed by atoms with van der Waals surface area (Å²) in [5, 5.41) is 9.17. The van der Waals surface area contributed by atoms with Crippen molar-refractivity contribution in [3.63, 3.8) is 0 Å². The van der Waals surface area contributed by atoms with Crippen molar-refractivity contribution >= 4 is 23.6 Å². The van der Waals surface area contributed by atoms with Gasteiger partial charge in [-0.1, -0.05) is 41.6 Å². The van der Waals surface area contributed by atoms with E-state index in [1.54, 1.807) is 11.8 Å². The molecule has 0 saturated carbocycles. The molecular formula is C20H26N4O3S. The monoisotopic (exact) mass is 402 g/mol. The van der Waals surface area contributed by atoms with Gasteiger partial charge in [-0.25, -0.2) is 4.79 Å². The highest BCUT2D eigenvalue weighted by Crippen LogP contribution is 2.25. The van der Waals surface area contributed by atoms with E-state index in [4.69, 9.17) is 4.74 Å². The Morgan fingerprint density at radius 1 is 1.21 bits per heavy atom. The van der Waals surface area contributed by atoms with Crippen LogP contribution in [0.15, 0.2) is 29.4 Å². The van der Waals surface area contributed by atoms with E-state index >= 15 is 0 Å². The average molecular weight is 403 g/mol. The van der Waals surface area contributed by atoms with E-state index in [-0.39, 0.29) is 17.6 Å². The van der Waals surface area contributed by atoms with Gasteiger partial charge in [-0.05, 0) is 33.1 Å². The molecular weight excluding hydrogens is 376 g/mol. The second-order valence-corrected chi connectivity index (χ2v) is 7.81. The lowest BCUT2D eigenvalue weighted by atomic mass is 10.0. The minimum Gasteiger partial charge on any atom is -0.464 e. The molecule has 28 heavy (non-hydrogen) atoms. The first-order valence-corrected chi connectivity index (χ1v) is 10.5. The molecule has 1 aromatic heterocycles. The number of hydrogen-bond donors (Lipinski definition) is 0. The lowest BCUT2D eigenvalue weighted by Crippen LogP contribution is -2.49. The Hall–Kier alpha value is -2.35. The first kappa shape index (κ1) is 20.4. The summed E-state index contributed by atoms with van der Waals surface area (Å²) in [7, 11) is 1.89. The number of rotatable bonds is 6. The summed E-state index contributed by atoms with van der Waals surface area (Å²) < 4.78 is 7.03. The van der Waals surface area contributed by atoms with Gasteiger partial charge in [0.15, 0.2) is 11.0 Å². The normalized spacial score (nSPS) is 16.8. The van der Waals surface area contributed by atoms with Crippen molar-refractivity contribution in [2.45, 2.75) is 44.3 Å². The number of thioether (sulfide) groups is 1. The number of ether oxygens (including phenoxy) is 1. The maximum absolute atomic E-state index is 12.8. The third kappa shape index (κ3) is 4.55. The quantitative estimate of drug-likeness (QED) is 0.546. The van der Waals surface area contributed by atoms with Crippen molar-refractivity contribution in [3.8, 4) is 11.4 Å². The molecule has 0 aliphatic carbocycles. The van der Waals surface area contributed by atoms with Gasteiger partial charge >= 0.3 is 5.97 Å². The number of piperidine rings is 1. The number of likely N-dealkylation sites (tertiary alicyclic amines) is 1. The minimum absolute atomic E-state index is 0.0670. The van der Waals surface area contributed by atoms with Crippen molar-refractivity contribution in [1.82, 2.24) is 19.7 Å². The van der Waals surface area contributed by atoms with Crippen LogP contribution in [0.2, 0.25) is 0 Å². The Morgan fingerprint density at radius 2 is 1.96 bits per heavy atom. The number of esters is 1. The van der Waals surface area contributed by atoms with Crippen LogP contribution in [0, 0.1) is 6.92 Å². The van der Waals surface area contributed by atoms with E-state index < -0.39 is 6.04 Å². The van der Waals surface area contributed by atoms with Gasteiger partial charge in [0, 0.05) is 19.2 Å². The van der Waals surface area contributed by atoms with Crippen LogP contribution in [-0.4, -0.2) is 56.5 Å². The van der Waals surface area contributed by atoms with Crippen LogP contribution in [-0.2, 0) is 21.4 Å². The number of hydrogen-bond acceptors (Lipinski definition) is 6. The highest BCUT2D eigenvalue weighted by atomic mass is 32.2. The molecule has 0 radical (unpaired) electrons. The molecule has 1 fully saturated rings. The summed E-state index contributed by atoms with van der Waals surface area (Å²) in [5.74, 6) is 0.608. The first-order chi connectivity index (χ1) is 13.5. The molecule has 3 rings (SSSR count). The Bertz CT molecular complexity index is 834.